The molecule has 0 spiro atoms. The van der Waals surface area contributed by atoms with Crippen molar-refractivity contribution in [2.24, 2.45) is 5.73 Å². The highest BCUT2D eigenvalue weighted by Crippen LogP contribution is 2.19. The molecule has 0 bridgehead atoms. The zero-order chi connectivity index (χ0) is 12.1. The van der Waals surface area contributed by atoms with Gasteiger partial charge in [-0.15, -0.1) is 0 Å². The lowest BCUT2D eigenvalue weighted by molar-refractivity contribution is -0.137. The first-order valence-corrected chi connectivity index (χ1v) is 4.90. The first-order valence-electron chi connectivity index (χ1n) is 4.90. The summed E-state index contributed by atoms with van der Waals surface area (Å²) in [5, 5.41) is 26.8. The number of hydrogen-bond acceptors (Lipinski definition) is 4. The van der Waals surface area contributed by atoms with Gasteiger partial charge < -0.3 is 21.1 Å². The highest BCUT2D eigenvalue weighted by Gasteiger charge is 2.12. The Bertz CT molecular complexity index is 367. The standard InChI is InChI=1S/C11H15NO4/c12-9(5-11(15)16)7-2-1-3-8(4-7)10(14)6-13/h1-4,9-10,13-14H,5-6,12H2,(H,15,16). The van der Waals surface area contributed by atoms with E-state index in [9.17, 15) is 9.90 Å². The third-order valence-electron chi connectivity index (χ3n) is 2.29. The fraction of sp³-hybridized carbons (Fsp3) is 0.364. The summed E-state index contributed by atoms with van der Waals surface area (Å²) < 4.78 is 0. The summed E-state index contributed by atoms with van der Waals surface area (Å²) in [6.07, 6.45) is -1.13. The Kier molecular flexibility index (Phi) is 4.42. The summed E-state index contributed by atoms with van der Waals surface area (Å²) in [7, 11) is 0. The SMILES string of the molecule is NC(CC(=O)O)c1cccc(C(O)CO)c1. The van der Waals surface area contributed by atoms with E-state index in [1.807, 2.05) is 0 Å². The average Bonchev–Trinajstić information content (AvgIpc) is 2.27. The van der Waals surface area contributed by atoms with Gasteiger partial charge in [0.05, 0.1) is 13.0 Å². The molecule has 16 heavy (non-hydrogen) atoms. The summed E-state index contributed by atoms with van der Waals surface area (Å²) >= 11 is 0. The fourth-order valence-electron chi connectivity index (χ4n) is 1.41. The monoisotopic (exact) mass is 225 g/mol. The molecule has 0 amide bonds. The number of benzene rings is 1. The summed E-state index contributed by atoms with van der Waals surface area (Å²) in [4.78, 5) is 10.5. The Hall–Kier alpha value is -1.43. The van der Waals surface area contributed by atoms with Crippen molar-refractivity contribution in [3.8, 4) is 0 Å². The smallest absolute Gasteiger partial charge is 0.305 e. The van der Waals surface area contributed by atoms with Gasteiger partial charge in [-0.3, -0.25) is 4.79 Å². The van der Waals surface area contributed by atoms with E-state index >= 15 is 0 Å². The maximum atomic E-state index is 10.5. The lowest BCUT2D eigenvalue weighted by Crippen LogP contribution is -2.15. The number of carbonyl (C=O) groups is 1. The molecule has 5 nitrogen and oxygen atoms in total. The van der Waals surface area contributed by atoms with Gasteiger partial charge in [-0.25, -0.2) is 0 Å². The van der Waals surface area contributed by atoms with Crippen LogP contribution in [0.1, 0.15) is 29.7 Å². The van der Waals surface area contributed by atoms with Gasteiger partial charge >= 0.3 is 5.97 Å². The Morgan fingerprint density at radius 2 is 2.00 bits per heavy atom. The summed E-state index contributed by atoms with van der Waals surface area (Å²) in [5.41, 5.74) is 6.84. The van der Waals surface area contributed by atoms with Crippen LogP contribution in [-0.4, -0.2) is 27.9 Å². The molecule has 1 aromatic rings. The zero-order valence-electron chi connectivity index (χ0n) is 8.71. The van der Waals surface area contributed by atoms with Crippen LogP contribution in [0.15, 0.2) is 24.3 Å². The number of carboxylic acid groups (broad SMARTS) is 1. The quantitative estimate of drug-likeness (QED) is 0.572. The van der Waals surface area contributed by atoms with Crippen molar-refractivity contribution < 1.29 is 20.1 Å². The molecule has 5 N–H and O–H groups in total. The van der Waals surface area contributed by atoms with E-state index in [-0.39, 0.29) is 13.0 Å². The van der Waals surface area contributed by atoms with Crippen molar-refractivity contribution in [3.63, 3.8) is 0 Å². The maximum absolute atomic E-state index is 10.5. The molecule has 0 saturated carbocycles. The van der Waals surface area contributed by atoms with Crippen molar-refractivity contribution in [2.45, 2.75) is 18.6 Å². The first-order chi connectivity index (χ1) is 7.54. The maximum Gasteiger partial charge on any atom is 0.305 e. The Morgan fingerprint density at radius 1 is 1.38 bits per heavy atom. The largest absolute Gasteiger partial charge is 0.481 e. The zero-order valence-corrected chi connectivity index (χ0v) is 8.71. The number of nitrogens with two attached hydrogens (primary N) is 1. The molecular weight excluding hydrogens is 210 g/mol. The van der Waals surface area contributed by atoms with Crippen LogP contribution in [0.3, 0.4) is 0 Å². The van der Waals surface area contributed by atoms with E-state index in [1.54, 1.807) is 24.3 Å². The average molecular weight is 225 g/mol. The molecule has 0 saturated heterocycles. The molecule has 0 aromatic heterocycles. The molecule has 0 radical (unpaired) electrons. The number of aliphatic hydroxyl groups excluding tert-OH is 2. The predicted molar refractivity (Wildman–Crippen MR) is 57.7 cm³/mol. The molecule has 2 atom stereocenters. The predicted octanol–water partition coefficient (Wildman–Crippen LogP) is 0.187. The van der Waals surface area contributed by atoms with Crippen LogP contribution >= 0.6 is 0 Å². The summed E-state index contributed by atoms with van der Waals surface area (Å²) in [6, 6.07) is 6.02. The Morgan fingerprint density at radius 3 is 2.56 bits per heavy atom. The van der Waals surface area contributed by atoms with E-state index in [2.05, 4.69) is 0 Å². The number of aliphatic hydroxyl groups is 2. The highest BCUT2D eigenvalue weighted by atomic mass is 16.4. The minimum Gasteiger partial charge on any atom is -0.481 e. The number of rotatable bonds is 5. The van der Waals surface area contributed by atoms with Crippen molar-refractivity contribution in [1.29, 1.82) is 0 Å². The molecule has 88 valence electrons. The molecular formula is C11H15NO4. The van der Waals surface area contributed by atoms with Crippen LogP contribution in [-0.2, 0) is 4.79 Å². The lowest BCUT2D eigenvalue weighted by atomic mass is 10.00. The molecule has 1 aromatic carbocycles. The Balaban J connectivity index is 2.85. The van der Waals surface area contributed by atoms with Crippen LogP contribution in [0.4, 0.5) is 0 Å². The topological polar surface area (TPSA) is 104 Å². The van der Waals surface area contributed by atoms with Gasteiger partial charge in [0, 0.05) is 6.04 Å². The normalized spacial score (nSPS) is 14.4. The molecule has 5 heteroatoms. The van der Waals surface area contributed by atoms with Crippen LogP contribution in [0, 0.1) is 0 Å². The van der Waals surface area contributed by atoms with Gasteiger partial charge in [0.25, 0.3) is 0 Å². The molecule has 0 aliphatic heterocycles. The molecule has 0 fully saturated rings. The highest BCUT2D eigenvalue weighted by molar-refractivity contribution is 5.67. The van der Waals surface area contributed by atoms with E-state index in [0.29, 0.717) is 11.1 Å². The second-order valence-electron chi connectivity index (χ2n) is 3.57. The van der Waals surface area contributed by atoms with Crippen molar-refractivity contribution in [3.05, 3.63) is 35.4 Å². The van der Waals surface area contributed by atoms with Crippen molar-refractivity contribution >= 4 is 5.97 Å². The third-order valence-corrected chi connectivity index (χ3v) is 2.29. The van der Waals surface area contributed by atoms with Crippen molar-refractivity contribution in [1.82, 2.24) is 0 Å². The van der Waals surface area contributed by atoms with Crippen LogP contribution in [0.25, 0.3) is 0 Å². The minimum absolute atomic E-state index is 0.168. The van der Waals surface area contributed by atoms with E-state index in [4.69, 9.17) is 15.9 Å². The van der Waals surface area contributed by atoms with E-state index in [0.717, 1.165) is 0 Å². The van der Waals surface area contributed by atoms with Crippen LogP contribution in [0.5, 0.6) is 0 Å². The first kappa shape index (κ1) is 12.6. The van der Waals surface area contributed by atoms with Crippen molar-refractivity contribution in [2.75, 3.05) is 6.61 Å². The van der Waals surface area contributed by atoms with Gasteiger partial charge in [0.2, 0.25) is 0 Å². The Labute approximate surface area is 93.1 Å². The van der Waals surface area contributed by atoms with E-state index in [1.165, 1.54) is 0 Å². The van der Waals surface area contributed by atoms with Gasteiger partial charge in [-0.1, -0.05) is 24.3 Å². The molecule has 0 aliphatic carbocycles. The number of aliphatic carboxylic acids is 1. The summed E-state index contributed by atoms with van der Waals surface area (Å²) in [6.45, 7) is -0.377. The molecule has 1 rings (SSSR count). The molecule has 0 aliphatic rings. The fourth-order valence-corrected chi connectivity index (χ4v) is 1.41. The minimum atomic E-state index is -0.972. The summed E-state index contributed by atoms with van der Waals surface area (Å²) in [5.74, 6) is -0.972. The second-order valence-corrected chi connectivity index (χ2v) is 3.57. The lowest BCUT2D eigenvalue weighted by Gasteiger charge is -2.13. The van der Waals surface area contributed by atoms with Crippen LogP contribution < -0.4 is 5.73 Å². The molecule has 0 heterocycles. The second kappa shape index (κ2) is 5.60. The number of hydrogen-bond donors (Lipinski definition) is 4. The van der Waals surface area contributed by atoms with Gasteiger partial charge in [0.1, 0.15) is 6.10 Å². The van der Waals surface area contributed by atoms with Gasteiger partial charge in [0.15, 0.2) is 0 Å². The number of carboxylic acids is 1. The van der Waals surface area contributed by atoms with Gasteiger partial charge in [-0.2, -0.15) is 0 Å². The van der Waals surface area contributed by atoms with E-state index < -0.39 is 18.1 Å². The molecule has 2 unspecified atom stereocenters. The van der Waals surface area contributed by atoms with Crippen LogP contribution in [0.2, 0.25) is 0 Å². The van der Waals surface area contributed by atoms with Gasteiger partial charge in [-0.05, 0) is 11.1 Å². The third kappa shape index (κ3) is 3.30.